The molecule has 0 aliphatic heterocycles. The Labute approximate surface area is 134 Å². The van der Waals surface area contributed by atoms with Crippen molar-refractivity contribution in [3.05, 3.63) is 67.6 Å². The van der Waals surface area contributed by atoms with Crippen LogP contribution in [0.15, 0.2) is 34.8 Å². The minimum Gasteiger partial charge on any atom is -0.324 e. The van der Waals surface area contributed by atoms with Gasteiger partial charge in [-0.25, -0.2) is 0 Å². The van der Waals surface area contributed by atoms with Gasteiger partial charge in [-0.3, -0.25) is 0 Å². The lowest BCUT2D eigenvalue weighted by molar-refractivity contribution is 0.711. The Hall–Kier alpha value is -0.830. The Balaban J connectivity index is 2.31. The maximum absolute atomic E-state index is 6.42. The van der Waals surface area contributed by atoms with Gasteiger partial charge in [0.25, 0.3) is 0 Å². The van der Waals surface area contributed by atoms with Crippen LogP contribution in [0.2, 0.25) is 5.02 Å². The van der Waals surface area contributed by atoms with E-state index in [4.69, 9.17) is 17.3 Å². The van der Waals surface area contributed by atoms with Gasteiger partial charge < -0.3 is 5.73 Å². The van der Waals surface area contributed by atoms with Crippen LogP contribution < -0.4 is 5.73 Å². The van der Waals surface area contributed by atoms with E-state index < -0.39 is 0 Å². The van der Waals surface area contributed by atoms with Gasteiger partial charge in [0.15, 0.2) is 0 Å². The van der Waals surface area contributed by atoms with Gasteiger partial charge in [-0.2, -0.15) is 0 Å². The number of benzene rings is 2. The van der Waals surface area contributed by atoms with E-state index in [1.54, 1.807) is 0 Å². The standard InChI is InChI=1S/C17H19BrClN/c1-10-6-11(2)17(12(3)7-10)16(20)8-13-4-5-14(18)9-15(13)19/h4-7,9,16H,8,20H2,1-3H3. The third kappa shape index (κ3) is 3.43. The van der Waals surface area contributed by atoms with E-state index >= 15 is 0 Å². The predicted molar refractivity (Wildman–Crippen MR) is 90.4 cm³/mol. The summed E-state index contributed by atoms with van der Waals surface area (Å²) in [5, 5.41) is 0.761. The van der Waals surface area contributed by atoms with Crippen molar-refractivity contribution < 1.29 is 0 Å². The Morgan fingerprint density at radius 3 is 2.25 bits per heavy atom. The summed E-state index contributed by atoms with van der Waals surface area (Å²) in [6.45, 7) is 6.36. The van der Waals surface area contributed by atoms with Crippen LogP contribution >= 0.6 is 27.5 Å². The summed E-state index contributed by atoms with van der Waals surface area (Å²) in [5.41, 5.74) is 12.5. The first-order chi connectivity index (χ1) is 9.38. The average molecular weight is 353 g/mol. The smallest absolute Gasteiger partial charge is 0.0449 e. The number of hydrogen-bond donors (Lipinski definition) is 1. The normalized spacial score (nSPS) is 12.5. The number of aryl methyl sites for hydroxylation is 3. The fourth-order valence-corrected chi connectivity index (χ4v) is 3.55. The molecule has 106 valence electrons. The summed E-state index contributed by atoms with van der Waals surface area (Å²) >= 11 is 9.70. The van der Waals surface area contributed by atoms with E-state index in [1.165, 1.54) is 22.3 Å². The topological polar surface area (TPSA) is 26.0 Å². The molecule has 0 aromatic heterocycles. The Kier molecular flexibility index (Phi) is 4.90. The van der Waals surface area contributed by atoms with Gasteiger partial charge in [0.2, 0.25) is 0 Å². The zero-order valence-electron chi connectivity index (χ0n) is 12.0. The van der Waals surface area contributed by atoms with E-state index in [2.05, 4.69) is 48.8 Å². The zero-order chi connectivity index (χ0) is 14.9. The summed E-state index contributed by atoms with van der Waals surface area (Å²) in [7, 11) is 0. The Bertz CT molecular complexity index is 614. The van der Waals surface area contributed by atoms with Crippen molar-refractivity contribution in [1.29, 1.82) is 0 Å². The number of rotatable bonds is 3. The lowest BCUT2D eigenvalue weighted by Gasteiger charge is -2.19. The van der Waals surface area contributed by atoms with E-state index in [9.17, 15) is 0 Å². The molecule has 0 bridgehead atoms. The van der Waals surface area contributed by atoms with Gasteiger partial charge in [-0.1, -0.05) is 51.3 Å². The van der Waals surface area contributed by atoms with Crippen molar-refractivity contribution in [2.45, 2.75) is 33.2 Å². The molecule has 0 aliphatic carbocycles. The van der Waals surface area contributed by atoms with E-state index in [0.29, 0.717) is 0 Å². The van der Waals surface area contributed by atoms with Crippen molar-refractivity contribution in [2.75, 3.05) is 0 Å². The van der Waals surface area contributed by atoms with Crippen LogP contribution in [0.5, 0.6) is 0 Å². The second-order valence-electron chi connectivity index (χ2n) is 5.36. The molecule has 0 fully saturated rings. The van der Waals surface area contributed by atoms with Crippen LogP contribution in [0.25, 0.3) is 0 Å². The van der Waals surface area contributed by atoms with Crippen LogP contribution in [-0.4, -0.2) is 0 Å². The SMILES string of the molecule is Cc1cc(C)c(C(N)Cc2ccc(Br)cc2Cl)c(C)c1. The minimum atomic E-state index is -0.0331. The highest BCUT2D eigenvalue weighted by atomic mass is 79.9. The molecule has 2 aromatic rings. The largest absolute Gasteiger partial charge is 0.324 e. The van der Waals surface area contributed by atoms with E-state index in [0.717, 1.165) is 21.5 Å². The second-order valence-corrected chi connectivity index (χ2v) is 6.68. The average Bonchev–Trinajstić information content (AvgIpc) is 2.31. The molecule has 0 spiro atoms. The number of nitrogens with two attached hydrogens (primary N) is 1. The summed E-state index contributed by atoms with van der Waals surface area (Å²) in [6.07, 6.45) is 0.747. The Morgan fingerprint density at radius 2 is 1.70 bits per heavy atom. The first kappa shape index (κ1) is 15.6. The van der Waals surface area contributed by atoms with Gasteiger partial charge in [0, 0.05) is 15.5 Å². The molecule has 0 heterocycles. The van der Waals surface area contributed by atoms with Crippen LogP contribution in [0.3, 0.4) is 0 Å². The van der Waals surface area contributed by atoms with Crippen molar-refractivity contribution in [3.63, 3.8) is 0 Å². The molecule has 2 aromatic carbocycles. The first-order valence-corrected chi connectivity index (χ1v) is 7.83. The maximum atomic E-state index is 6.42. The highest BCUT2D eigenvalue weighted by Gasteiger charge is 2.14. The van der Waals surface area contributed by atoms with Gasteiger partial charge in [0.05, 0.1) is 0 Å². The molecule has 0 aliphatic rings. The molecule has 2 rings (SSSR count). The van der Waals surface area contributed by atoms with Crippen molar-refractivity contribution in [2.24, 2.45) is 5.73 Å². The molecular formula is C17H19BrClN. The van der Waals surface area contributed by atoms with Gasteiger partial charge in [-0.15, -0.1) is 0 Å². The molecular weight excluding hydrogens is 334 g/mol. The predicted octanol–water partition coefficient (Wildman–Crippen LogP) is 5.27. The van der Waals surface area contributed by atoms with Crippen molar-refractivity contribution in [3.8, 4) is 0 Å². The molecule has 1 nitrogen and oxygen atoms in total. The van der Waals surface area contributed by atoms with Gasteiger partial charge in [-0.05, 0) is 61.6 Å². The number of hydrogen-bond acceptors (Lipinski definition) is 1. The maximum Gasteiger partial charge on any atom is 0.0449 e. The summed E-state index contributed by atoms with van der Waals surface area (Å²) in [5.74, 6) is 0. The molecule has 1 unspecified atom stereocenters. The lowest BCUT2D eigenvalue weighted by Crippen LogP contribution is -2.16. The highest BCUT2D eigenvalue weighted by Crippen LogP contribution is 2.28. The summed E-state index contributed by atoms with van der Waals surface area (Å²) < 4.78 is 0.988. The summed E-state index contributed by atoms with van der Waals surface area (Å²) in [6, 6.07) is 10.3. The molecule has 3 heteroatoms. The van der Waals surface area contributed by atoms with Crippen molar-refractivity contribution >= 4 is 27.5 Å². The minimum absolute atomic E-state index is 0.0331. The summed E-state index contributed by atoms with van der Waals surface area (Å²) in [4.78, 5) is 0. The number of halogens is 2. The van der Waals surface area contributed by atoms with E-state index in [1.807, 2.05) is 18.2 Å². The molecule has 0 radical (unpaired) electrons. The lowest BCUT2D eigenvalue weighted by atomic mass is 9.91. The fraction of sp³-hybridized carbons (Fsp3) is 0.294. The van der Waals surface area contributed by atoms with Crippen LogP contribution in [0.1, 0.15) is 33.9 Å². The third-order valence-electron chi connectivity index (χ3n) is 3.56. The van der Waals surface area contributed by atoms with Crippen molar-refractivity contribution in [1.82, 2.24) is 0 Å². The zero-order valence-corrected chi connectivity index (χ0v) is 14.3. The van der Waals surface area contributed by atoms with Gasteiger partial charge in [0.1, 0.15) is 0 Å². The fourth-order valence-electron chi connectivity index (χ4n) is 2.80. The molecule has 0 saturated carbocycles. The molecule has 2 N–H and O–H groups in total. The molecule has 0 saturated heterocycles. The molecule has 0 amide bonds. The first-order valence-electron chi connectivity index (χ1n) is 6.65. The van der Waals surface area contributed by atoms with E-state index in [-0.39, 0.29) is 6.04 Å². The van der Waals surface area contributed by atoms with Gasteiger partial charge >= 0.3 is 0 Å². The quantitative estimate of drug-likeness (QED) is 0.800. The monoisotopic (exact) mass is 351 g/mol. The van der Waals surface area contributed by atoms with Crippen LogP contribution in [-0.2, 0) is 6.42 Å². The van der Waals surface area contributed by atoms with Crippen LogP contribution in [0, 0.1) is 20.8 Å². The molecule has 1 atom stereocenters. The molecule has 20 heavy (non-hydrogen) atoms. The Morgan fingerprint density at radius 1 is 1.10 bits per heavy atom. The highest BCUT2D eigenvalue weighted by molar-refractivity contribution is 9.10. The second kappa shape index (κ2) is 6.30. The third-order valence-corrected chi connectivity index (χ3v) is 4.41. The van der Waals surface area contributed by atoms with Crippen LogP contribution in [0.4, 0.5) is 0 Å².